The number of ether oxygens (including phenoxy) is 2. The summed E-state index contributed by atoms with van der Waals surface area (Å²) in [5.41, 5.74) is 11.4. The minimum atomic E-state index is -0.101. The molecule has 49 heavy (non-hydrogen) atoms. The smallest absolute Gasteiger partial charge is 0.308 e. The van der Waals surface area contributed by atoms with Gasteiger partial charge in [0, 0.05) is 17.2 Å². The third-order valence-electron chi connectivity index (χ3n) is 8.96. The molecule has 7 nitrogen and oxygen atoms in total. The molecule has 2 aliphatic carbocycles. The van der Waals surface area contributed by atoms with E-state index in [9.17, 15) is 9.59 Å². The fraction of sp³-hybridized carbons (Fsp3) is 0.333. The largest absolute Gasteiger partial charge is 0.469 e. The molecule has 0 aliphatic heterocycles. The van der Waals surface area contributed by atoms with E-state index in [0.717, 1.165) is 79.3 Å². The maximum absolute atomic E-state index is 11.9. The van der Waals surface area contributed by atoms with Crippen LogP contribution in [0.1, 0.15) is 73.6 Å². The Balaban J connectivity index is 0.000000183. The Morgan fingerprint density at radius 3 is 1.39 bits per heavy atom. The van der Waals surface area contributed by atoms with Crippen molar-refractivity contribution in [3.05, 3.63) is 144 Å². The predicted molar refractivity (Wildman–Crippen MR) is 197 cm³/mol. The highest BCUT2D eigenvalue weighted by Crippen LogP contribution is 2.28. The second kappa shape index (κ2) is 19.8. The van der Waals surface area contributed by atoms with E-state index in [1.807, 2.05) is 97.1 Å². The zero-order valence-corrected chi connectivity index (χ0v) is 28.7. The summed E-state index contributed by atoms with van der Waals surface area (Å²) in [6.45, 7) is 0. The van der Waals surface area contributed by atoms with Crippen molar-refractivity contribution in [2.45, 2.75) is 63.5 Å². The van der Waals surface area contributed by atoms with Crippen LogP contribution in [0.15, 0.2) is 126 Å². The lowest BCUT2D eigenvalue weighted by atomic mass is 9.85. The Bertz CT molecular complexity index is 1530. The summed E-state index contributed by atoms with van der Waals surface area (Å²) in [6, 6.07) is 40.4. The second-order valence-electron chi connectivity index (χ2n) is 12.5. The van der Waals surface area contributed by atoms with E-state index in [4.69, 9.17) is 20.9 Å². The molecule has 0 radical (unpaired) electrons. The predicted octanol–water partition coefficient (Wildman–Crippen LogP) is 8.04. The van der Waals surface area contributed by atoms with Gasteiger partial charge in [-0.15, -0.1) is 0 Å². The van der Waals surface area contributed by atoms with E-state index in [1.165, 1.54) is 14.2 Å². The van der Waals surface area contributed by atoms with Crippen LogP contribution in [0, 0.1) is 17.2 Å². The molecular weight excluding hydrogens is 610 g/mol. The van der Waals surface area contributed by atoms with Crippen LogP contribution in [0.3, 0.4) is 0 Å². The quantitative estimate of drug-likeness (QED) is 0.154. The van der Waals surface area contributed by atoms with Gasteiger partial charge in [0.25, 0.3) is 0 Å². The molecule has 6 rings (SSSR count). The Hall–Kier alpha value is -4.88. The van der Waals surface area contributed by atoms with E-state index in [0.29, 0.717) is 5.71 Å². The van der Waals surface area contributed by atoms with Crippen molar-refractivity contribution in [3.63, 3.8) is 0 Å². The normalized spacial score (nSPS) is 19.7. The topological polar surface area (TPSA) is 115 Å². The summed E-state index contributed by atoms with van der Waals surface area (Å²) in [7, 11) is 2.90. The van der Waals surface area contributed by atoms with Crippen LogP contribution in [0.25, 0.3) is 0 Å². The molecule has 4 aromatic carbocycles. The van der Waals surface area contributed by atoms with Gasteiger partial charge in [-0.05, 0) is 49.7 Å². The number of carbonyl (C=O) groups is 2. The Morgan fingerprint density at radius 2 is 0.980 bits per heavy atom. The summed E-state index contributed by atoms with van der Waals surface area (Å²) in [4.78, 5) is 28.0. The number of aliphatic imine (C=N–C) groups is 1. The summed E-state index contributed by atoms with van der Waals surface area (Å²) >= 11 is 0. The first kappa shape index (κ1) is 36.9. The molecule has 0 bridgehead atoms. The third-order valence-corrected chi connectivity index (χ3v) is 8.96. The van der Waals surface area contributed by atoms with E-state index >= 15 is 0 Å². The van der Waals surface area contributed by atoms with Gasteiger partial charge in [-0.3, -0.25) is 20.0 Å². The minimum absolute atomic E-state index is 0.0229. The van der Waals surface area contributed by atoms with Gasteiger partial charge in [-0.25, -0.2) is 0 Å². The maximum Gasteiger partial charge on any atom is 0.308 e. The average Bonchev–Trinajstić information content (AvgIpc) is 3.18. The van der Waals surface area contributed by atoms with Crippen LogP contribution in [-0.4, -0.2) is 49.7 Å². The van der Waals surface area contributed by atoms with Gasteiger partial charge in [0.05, 0.1) is 43.5 Å². The number of hydrogen-bond acceptors (Lipinski definition) is 7. The summed E-state index contributed by atoms with van der Waals surface area (Å²) in [6.07, 6.45) is 7.57. The number of methoxy groups -OCH3 is 2. The van der Waals surface area contributed by atoms with Crippen molar-refractivity contribution in [2.75, 3.05) is 14.2 Å². The van der Waals surface area contributed by atoms with Gasteiger partial charge in [-0.2, -0.15) is 0 Å². The van der Waals surface area contributed by atoms with Crippen molar-refractivity contribution in [3.8, 4) is 0 Å². The molecular formula is C42H49N3O4. The summed E-state index contributed by atoms with van der Waals surface area (Å²) < 4.78 is 9.57. The summed E-state index contributed by atoms with van der Waals surface area (Å²) in [5, 5.41) is 7.97. The number of nitrogens with zero attached hydrogens (tertiary/aromatic N) is 1. The zero-order chi connectivity index (χ0) is 34.8. The van der Waals surface area contributed by atoms with Crippen LogP contribution in [-0.2, 0) is 19.1 Å². The molecule has 4 unspecified atom stereocenters. The van der Waals surface area contributed by atoms with Crippen LogP contribution < -0.4 is 5.73 Å². The average molecular weight is 660 g/mol. The van der Waals surface area contributed by atoms with Crippen molar-refractivity contribution < 1.29 is 19.1 Å². The SMILES string of the molecule is COC(=O)C1CCCC(N)C1.COC(=O)C1CCCC(N=C(c2ccccc2)c2ccccc2)C1.N=C(c1ccccc1)c1ccccc1. The zero-order valence-electron chi connectivity index (χ0n) is 28.7. The molecule has 2 saturated carbocycles. The van der Waals surface area contributed by atoms with Crippen molar-refractivity contribution in [1.29, 1.82) is 5.41 Å². The number of nitrogens with two attached hydrogens (primary N) is 1. The fourth-order valence-electron chi connectivity index (χ4n) is 6.34. The lowest BCUT2D eigenvalue weighted by Gasteiger charge is -2.25. The number of nitrogens with one attached hydrogen (secondary N) is 1. The number of carbonyl (C=O) groups excluding carboxylic acids is 2. The molecule has 4 atom stereocenters. The molecule has 256 valence electrons. The number of esters is 2. The minimum Gasteiger partial charge on any atom is -0.469 e. The highest BCUT2D eigenvalue weighted by Gasteiger charge is 2.28. The first-order valence-corrected chi connectivity index (χ1v) is 17.2. The van der Waals surface area contributed by atoms with Crippen LogP contribution >= 0.6 is 0 Å². The van der Waals surface area contributed by atoms with Gasteiger partial charge in [0.15, 0.2) is 0 Å². The van der Waals surface area contributed by atoms with E-state index < -0.39 is 0 Å². The molecule has 4 aromatic rings. The van der Waals surface area contributed by atoms with Crippen LogP contribution in [0.4, 0.5) is 0 Å². The molecule has 0 amide bonds. The van der Waals surface area contributed by atoms with Gasteiger partial charge in [-0.1, -0.05) is 134 Å². The second-order valence-corrected chi connectivity index (χ2v) is 12.5. The fourth-order valence-corrected chi connectivity index (χ4v) is 6.34. The lowest BCUT2D eigenvalue weighted by molar-refractivity contribution is -0.147. The van der Waals surface area contributed by atoms with Gasteiger partial charge in [0.1, 0.15) is 0 Å². The first-order valence-electron chi connectivity index (χ1n) is 17.2. The van der Waals surface area contributed by atoms with E-state index in [2.05, 4.69) is 29.0 Å². The van der Waals surface area contributed by atoms with Gasteiger partial charge in [0.2, 0.25) is 0 Å². The Labute approximate surface area is 291 Å². The molecule has 7 heteroatoms. The number of rotatable bonds is 7. The highest BCUT2D eigenvalue weighted by molar-refractivity contribution is 6.13. The van der Waals surface area contributed by atoms with Gasteiger partial charge < -0.3 is 15.2 Å². The van der Waals surface area contributed by atoms with Crippen molar-refractivity contribution in [2.24, 2.45) is 22.6 Å². The molecule has 2 aliphatic rings. The molecule has 0 heterocycles. The first-order chi connectivity index (χ1) is 23.9. The molecule has 2 fully saturated rings. The number of benzene rings is 4. The standard InChI is InChI=1S/C21H23NO2.C13H11N.C8H15NO2/c1-24-21(23)18-13-8-14-19(15-18)22-20(16-9-4-2-5-10-16)17-11-6-3-7-12-17;14-13(11-7-3-1-4-8-11)12-9-5-2-6-10-12;1-11-8(10)6-3-2-4-7(9)5-6/h2-7,9-12,18-19H,8,13-15H2,1H3;1-10,14H;6-7H,2-5,9H2,1H3. The van der Waals surface area contributed by atoms with Crippen LogP contribution in [0.2, 0.25) is 0 Å². The maximum atomic E-state index is 11.9. The van der Waals surface area contributed by atoms with E-state index in [1.54, 1.807) is 0 Å². The molecule has 0 spiro atoms. The molecule has 0 saturated heterocycles. The summed E-state index contributed by atoms with van der Waals surface area (Å²) in [5.74, 6) is -0.162. The van der Waals surface area contributed by atoms with E-state index in [-0.39, 0.29) is 35.9 Å². The Kier molecular flexibility index (Phi) is 14.9. The molecule has 3 N–H and O–H groups in total. The van der Waals surface area contributed by atoms with Crippen LogP contribution in [0.5, 0.6) is 0 Å². The van der Waals surface area contributed by atoms with Crippen molar-refractivity contribution in [1.82, 2.24) is 0 Å². The van der Waals surface area contributed by atoms with Gasteiger partial charge >= 0.3 is 11.9 Å². The Morgan fingerprint density at radius 1 is 0.592 bits per heavy atom. The third kappa shape index (κ3) is 11.6. The monoisotopic (exact) mass is 659 g/mol. The van der Waals surface area contributed by atoms with Crippen molar-refractivity contribution >= 4 is 23.4 Å². The lowest BCUT2D eigenvalue weighted by Crippen LogP contribution is -2.32. The number of hydrogen-bond donors (Lipinski definition) is 2. The molecule has 0 aromatic heterocycles. The highest BCUT2D eigenvalue weighted by atomic mass is 16.5.